The first-order valence-corrected chi connectivity index (χ1v) is 6.69. The van der Waals surface area contributed by atoms with Crippen molar-refractivity contribution in [2.75, 3.05) is 6.54 Å². The summed E-state index contributed by atoms with van der Waals surface area (Å²) in [7, 11) is 0. The number of pyridine rings is 1. The van der Waals surface area contributed by atoms with Gasteiger partial charge in [-0.15, -0.1) is 0 Å². The predicted octanol–water partition coefficient (Wildman–Crippen LogP) is 2.85. The molecular weight excluding hydrogens is 260 g/mol. The zero-order valence-electron chi connectivity index (χ0n) is 10.8. The van der Waals surface area contributed by atoms with Crippen molar-refractivity contribution in [2.24, 2.45) is 0 Å². The van der Waals surface area contributed by atoms with E-state index in [0.717, 1.165) is 17.1 Å². The summed E-state index contributed by atoms with van der Waals surface area (Å²) in [6, 6.07) is 13.1. The Hall–Kier alpha value is -1.58. The molecule has 0 spiro atoms. The zero-order valence-corrected chi connectivity index (χ0v) is 11.6. The summed E-state index contributed by atoms with van der Waals surface area (Å²) in [5.74, 6) is 0. The van der Waals surface area contributed by atoms with Crippen LogP contribution in [0.4, 0.5) is 0 Å². The van der Waals surface area contributed by atoms with Gasteiger partial charge in [-0.05, 0) is 24.6 Å². The highest BCUT2D eigenvalue weighted by molar-refractivity contribution is 6.31. The molecule has 0 aliphatic rings. The lowest BCUT2D eigenvalue weighted by Gasteiger charge is -2.16. The third-order valence-corrected chi connectivity index (χ3v) is 3.42. The molecule has 3 nitrogen and oxygen atoms in total. The molecule has 19 heavy (non-hydrogen) atoms. The van der Waals surface area contributed by atoms with Crippen LogP contribution >= 0.6 is 11.6 Å². The molecule has 0 fully saturated rings. The molecule has 4 heteroatoms. The Balaban J connectivity index is 1.92. The molecular formula is C15H17ClN2O. The molecule has 0 amide bonds. The van der Waals surface area contributed by atoms with Crippen LogP contribution in [0.15, 0.2) is 53.5 Å². The normalized spacial score (nSPS) is 12.3. The van der Waals surface area contributed by atoms with Crippen molar-refractivity contribution >= 4 is 11.6 Å². The maximum atomic E-state index is 11.5. The van der Waals surface area contributed by atoms with Gasteiger partial charge in [0.05, 0.1) is 0 Å². The van der Waals surface area contributed by atoms with Crippen molar-refractivity contribution < 1.29 is 0 Å². The fourth-order valence-electron chi connectivity index (χ4n) is 1.98. The number of hydrogen-bond donors (Lipinski definition) is 1. The average Bonchev–Trinajstić information content (AvgIpc) is 2.41. The number of benzene rings is 1. The summed E-state index contributed by atoms with van der Waals surface area (Å²) < 4.78 is 1.69. The van der Waals surface area contributed by atoms with Crippen LogP contribution in [-0.2, 0) is 6.54 Å². The van der Waals surface area contributed by atoms with Gasteiger partial charge in [-0.2, -0.15) is 0 Å². The van der Waals surface area contributed by atoms with Crippen LogP contribution in [0, 0.1) is 0 Å². The minimum absolute atomic E-state index is 0.0229. The predicted molar refractivity (Wildman–Crippen MR) is 78.6 cm³/mol. The number of aromatic nitrogens is 1. The second-order valence-electron chi connectivity index (χ2n) is 4.43. The smallest absolute Gasteiger partial charge is 0.250 e. The Labute approximate surface area is 117 Å². The Morgan fingerprint density at radius 3 is 2.68 bits per heavy atom. The van der Waals surface area contributed by atoms with Crippen LogP contribution in [-0.4, -0.2) is 11.1 Å². The molecule has 0 aliphatic carbocycles. The van der Waals surface area contributed by atoms with E-state index in [-0.39, 0.29) is 11.6 Å². The van der Waals surface area contributed by atoms with Crippen LogP contribution in [0.25, 0.3) is 0 Å². The monoisotopic (exact) mass is 276 g/mol. The van der Waals surface area contributed by atoms with Crippen LogP contribution < -0.4 is 10.9 Å². The maximum absolute atomic E-state index is 11.5. The largest absolute Gasteiger partial charge is 0.314 e. The van der Waals surface area contributed by atoms with Crippen LogP contribution in [0.1, 0.15) is 18.5 Å². The third kappa shape index (κ3) is 3.69. The number of nitrogens with zero attached hydrogens (tertiary/aromatic N) is 1. The zero-order chi connectivity index (χ0) is 13.7. The van der Waals surface area contributed by atoms with Gasteiger partial charge in [0.2, 0.25) is 0 Å². The molecule has 0 saturated carbocycles. The van der Waals surface area contributed by atoms with E-state index >= 15 is 0 Å². The number of nitrogens with one attached hydrogen (secondary N) is 1. The standard InChI is InChI=1S/C15H17ClN2O/c1-12(13-6-2-3-7-14(13)16)17-9-11-18-10-5-4-8-15(18)19/h2-8,10,12,17H,9,11H2,1H3/t12-/m0/s1. The molecule has 2 rings (SSSR count). The second-order valence-corrected chi connectivity index (χ2v) is 4.84. The Morgan fingerprint density at radius 2 is 1.95 bits per heavy atom. The Morgan fingerprint density at radius 1 is 1.21 bits per heavy atom. The molecule has 0 unspecified atom stereocenters. The van der Waals surface area contributed by atoms with Crippen molar-refractivity contribution in [3.05, 3.63) is 69.6 Å². The maximum Gasteiger partial charge on any atom is 0.250 e. The van der Waals surface area contributed by atoms with Gasteiger partial charge in [0, 0.05) is 36.4 Å². The Kier molecular flexibility index (Phi) is 4.77. The first kappa shape index (κ1) is 13.8. The molecule has 1 aromatic heterocycles. The number of hydrogen-bond acceptors (Lipinski definition) is 2. The molecule has 1 atom stereocenters. The molecule has 0 bridgehead atoms. The molecule has 0 aliphatic heterocycles. The van der Waals surface area contributed by atoms with Crippen LogP contribution in [0.5, 0.6) is 0 Å². The summed E-state index contributed by atoms with van der Waals surface area (Å²) in [6.07, 6.45) is 1.80. The summed E-state index contributed by atoms with van der Waals surface area (Å²) in [4.78, 5) is 11.5. The van der Waals surface area contributed by atoms with Gasteiger partial charge in [0.1, 0.15) is 0 Å². The first-order valence-electron chi connectivity index (χ1n) is 6.32. The molecule has 2 aromatic rings. The first-order chi connectivity index (χ1) is 9.18. The van der Waals surface area contributed by atoms with Gasteiger partial charge >= 0.3 is 0 Å². The van der Waals surface area contributed by atoms with E-state index in [2.05, 4.69) is 12.2 Å². The van der Waals surface area contributed by atoms with Gasteiger partial charge in [-0.25, -0.2) is 0 Å². The van der Waals surface area contributed by atoms with Crippen molar-refractivity contribution in [1.82, 2.24) is 9.88 Å². The van der Waals surface area contributed by atoms with E-state index in [1.807, 2.05) is 30.3 Å². The van der Waals surface area contributed by atoms with Crippen LogP contribution in [0.2, 0.25) is 5.02 Å². The lowest BCUT2D eigenvalue weighted by Crippen LogP contribution is -2.27. The molecule has 0 radical (unpaired) electrons. The summed E-state index contributed by atoms with van der Waals surface area (Å²) in [6.45, 7) is 3.43. The van der Waals surface area contributed by atoms with Gasteiger partial charge in [-0.3, -0.25) is 4.79 Å². The molecule has 1 aromatic carbocycles. The van der Waals surface area contributed by atoms with Gasteiger partial charge in [0.15, 0.2) is 0 Å². The van der Waals surface area contributed by atoms with Gasteiger partial charge in [-0.1, -0.05) is 35.9 Å². The SMILES string of the molecule is C[C@H](NCCn1ccccc1=O)c1ccccc1Cl. The lowest BCUT2D eigenvalue weighted by molar-refractivity contribution is 0.525. The highest BCUT2D eigenvalue weighted by Crippen LogP contribution is 2.21. The summed E-state index contributed by atoms with van der Waals surface area (Å²) >= 11 is 6.15. The van der Waals surface area contributed by atoms with Gasteiger partial charge < -0.3 is 9.88 Å². The summed E-state index contributed by atoms with van der Waals surface area (Å²) in [5, 5.41) is 4.13. The van der Waals surface area contributed by atoms with E-state index < -0.39 is 0 Å². The minimum atomic E-state index is 0.0229. The molecule has 100 valence electrons. The quantitative estimate of drug-likeness (QED) is 0.911. The number of rotatable bonds is 5. The fourth-order valence-corrected chi connectivity index (χ4v) is 2.28. The van der Waals surface area contributed by atoms with E-state index in [1.165, 1.54) is 0 Å². The van der Waals surface area contributed by atoms with Crippen molar-refractivity contribution in [3.8, 4) is 0 Å². The lowest BCUT2D eigenvalue weighted by atomic mass is 10.1. The number of halogens is 1. The average molecular weight is 277 g/mol. The molecule has 0 saturated heterocycles. The third-order valence-electron chi connectivity index (χ3n) is 3.07. The van der Waals surface area contributed by atoms with E-state index in [9.17, 15) is 4.79 Å². The molecule has 1 heterocycles. The van der Waals surface area contributed by atoms with E-state index in [0.29, 0.717) is 6.54 Å². The van der Waals surface area contributed by atoms with Crippen LogP contribution in [0.3, 0.4) is 0 Å². The van der Waals surface area contributed by atoms with Crippen molar-refractivity contribution in [3.63, 3.8) is 0 Å². The second kappa shape index (κ2) is 6.55. The van der Waals surface area contributed by atoms with Gasteiger partial charge in [0.25, 0.3) is 5.56 Å². The highest BCUT2D eigenvalue weighted by Gasteiger charge is 2.07. The topological polar surface area (TPSA) is 34.0 Å². The fraction of sp³-hybridized carbons (Fsp3) is 0.267. The molecule has 1 N–H and O–H groups in total. The minimum Gasteiger partial charge on any atom is -0.314 e. The highest BCUT2D eigenvalue weighted by atomic mass is 35.5. The van der Waals surface area contributed by atoms with Crippen molar-refractivity contribution in [2.45, 2.75) is 19.5 Å². The Bertz CT molecular complexity index is 594. The van der Waals surface area contributed by atoms with E-state index in [1.54, 1.807) is 22.9 Å². The summed E-state index contributed by atoms with van der Waals surface area (Å²) in [5.41, 5.74) is 1.10. The van der Waals surface area contributed by atoms with E-state index in [4.69, 9.17) is 11.6 Å². The van der Waals surface area contributed by atoms with Crippen molar-refractivity contribution in [1.29, 1.82) is 0 Å².